The van der Waals surface area contributed by atoms with Gasteiger partial charge in [0.25, 0.3) is 0 Å². The van der Waals surface area contributed by atoms with Gasteiger partial charge in [0, 0.05) is 4.90 Å². The summed E-state index contributed by atoms with van der Waals surface area (Å²) in [6, 6.07) is 7.79. The molecule has 0 aliphatic carbocycles. The third kappa shape index (κ3) is 3.27. The lowest BCUT2D eigenvalue weighted by atomic mass is 9.86. The van der Waals surface area contributed by atoms with E-state index >= 15 is 0 Å². The monoisotopic (exact) mass is 295 g/mol. The van der Waals surface area contributed by atoms with Crippen LogP contribution >= 0.6 is 11.8 Å². The van der Waals surface area contributed by atoms with Gasteiger partial charge in [-0.3, -0.25) is 0 Å². The average Bonchev–Trinajstić information content (AvgIpc) is 2.33. The first-order chi connectivity index (χ1) is 9.23. The average molecular weight is 295 g/mol. The lowest BCUT2D eigenvalue weighted by Gasteiger charge is -2.46. The summed E-state index contributed by atoms with van der Waals surface area (Å²) >= 11 is 1.63. The number of rotatable bonds is 2. The van der Waals surface area contributed by atoms with Crippen molar-refractivity contribution in [3.63, 3.8) is 0 Å². The molecule has 4 nitrogen and oxygen atoms in total. The normalized spacial score (nSPS) is 17.6. The fourth-order valence-electron chi connectivity index (χ4n) is 2.14. The van der Waals surface area contributed by atoms with Crippen LogP contribution in [0.3, 0.4) is 0 Å². The van der Waals surface area contributed by atoms with Crippen LogP contribution in [0, 0.1) is 0 Å². The van der Waals surface area contributed by atoms with Crippen molar-refractivity contribution in [2.45, 2.75) is 36.9 Å². The fraction of sp³-hybridized carbons (Fsp3) is 0.533. The lowest BCUT2D eigenvalue weighted by Crippen LogP contribution is -2.61. The molecule has 0 bridgehead atoms. The van der Waals surface area contributed by atoms with Gasteiger partial charge >= 0.3 is 6.09 Å². The van der Waals surface area contributed by atoms with Crippen LogP contribution in [0.2, 0.25) is 0 Å². The highest BCUT2D eigenvalue weighted by molar-refractivity contribution is 7.98. The molecule has 1 aliphatic heterocycles. The summed E-state index contributed by atoms with van der Waals surface area (Å²) < 4.78 is 5.29. The van der Waals surface area contributed by atoms with Crippen LogP contribution in [0.5, 0.6) is 0 Å². The highest BCUT2D eigenvalue weighted by Gasteiger charge is 2.46. The van der Waals surface area contributed by atoms with Gasteiger partial charge in [-0.2, -0.15) is 0 Å². The molecule has 1 aromatic carbocycles. The van der Waals surface area contributed by atoms with E-state index in [2.05, 4.69) is 0 Å². The van der Waals surface area contributed by atoms with Crippen LogP contribution in [0.25, 0.3) is 0 Å². The Balaban J connectivity index is 2.01. The van der Waals surface area contributed by atoms with Gasteiger partial charge in [0.05, 0.1) is 13.1 Å². The molecule has 0 aromatic heterocycles. The predicted molar refractivity (Wildman–Crippen MR) is 79.9 cm³/mol. The van der Waals surface area contributed by atoms with Crippen LogP contribution in [0.15, 0.2) is 29.2 Å². The van der Waals surface area contributed by atoms with Gasteiger partial charge in [0.1, 0.15) is 11.2 Å². The van der Waals surface area contributed by atoms with Crippen molar-refractivity contribution >= 4 is 17.9 Å². The van der Waals surface area contributed by atoms with E-state index in [-0.39, 0.29) is 19.2 Å². The second-order valence-electron chi connectivity index (χ2n) is 6.10. The molecule has 1 N–H and O–H groups in total. The topological polar surface area (TPSA) is 49.8 Å². The van der Waals surface area contributed by atoms with E-state index < -0.39 is 11.2 Å². The first-order valence-electron chi connectivity index (χ1n) is 6.58. The molecular weight excluding hydrogens is 274 g/mol. The molecule has 0 radical (unpaired) electrons. The van der Waals surface area contributed by atoms with E-state index in [1.54, 1.807) is 11.8 Å². The molecule has 1 fully saturated rings. The smallest absolute Gasteiger partial charge is 0.410 e. The zero-order chi connectivity index (χ0) is 15.0. The molecule has 0 atom stereocenters. The number of carbonyl (C=O) groups excluding carboxylic acids is 1. The number of thioether (sulfide) groups is 1. The maximum atomic E-state index is 11.9. The molecule has 1 amide bonds. The van der Waals surface area contributed by atoms with Crippen molar-refractivity contribution in [3.8, 4) is 0 Å². The number of aliphatic hydroxyl groups is 1. The van der Waals surface area contributed by atoms with Gasteiger partial charge in [0.2, 0.25) is 0 Å². The van der Waals surface area contributed by atoms with E-state index in [0.717, 1.165) is 10.5 Å². The highest BCUT2D eigenvalue weighted by Crippen LogP contribution is 2.34. The Kier molecular flexibility index (Phi) is 4.02. The molecule has 0 saturated carbocycles. The summed E-state index contributed by atoms with van der Waals surface area (Å²) in [7, 11) is 0. The quantitative estimate of drug-likeness (QED) is 0.852. The molecule has 2 rings (SSSR count). The number of amides is 1. The van der Waals surface area contributed by atoms with Gasteiger partial charge < -0.3 is 14.7 Å². The van der Waals surface area contributed by atoms with Crippen LogP contribution < -0.4 is 0 Å². The third-order valence-electron chi connectivity index (χ3n) is 3.16. The zero-order valence-electron chi connectivity index (χ0n) is 12.3. The second-order valence-corrected chi connectivity index (χ2v) is 6.98. The van der Waals surface area contributed by atoms with Gasteiger partial charge in [-0.15, -0.1) is 11.8 Å². The molecular formula is C15H21NO3S. The highest BCUT2D eigenvalue weighted by atomic mass is 32.2. The largest absolute Gasteiger partial charge is 0.444 e. The van der Waals surface area contributed by atoms with E-state index in [0.29, 0.717) is 0 Å². The number of likely N-dealkylation sites (tertiary alicyclic amines) is 1. The second kappa shape index (κ2) is 5.30. The minimum Gasteiger partial charge on any atom is -0.444 e. The summed E-state index contributed by atoms with van der Waals surface area (Å²) in [6.07, 6.45) is 1.62. The van der Waals surface area contributed by atoms with E-state index in [1.165, 1.54) is 4.90 Å². The van der Waals surface area contributed by atoms with Crippen molar-refractivity contribution in [1.82, 2.24) is 4.90 Å². The predicted octanol–water partition coefficient (Wildman–Crippen LogP) is 2.85. The van der Waals surface area contributed by atoms with Crippen molar-refractivity contribution in [3.05, 3.63) is 29.8 Å². The Morgan fingerprint density at radius 1 is 1.40 bits per heavy atom. The van der Waals surface area contributed by atoms with Crippen LogP contribution in [0.1, 0.15) is 26.3 Å². The lowest BCUT2D eigenvalue weighted by molar-refractivity contribution is -0.103. The molecule has 0 unspecified atom stereocenters. The standard InChI is InChI=1S/C15H21NO3S/c1-14(2,3)19-13(17)16-9-15(18,10-16)11-6-5-7-12(8-11)20-4/h5-8,18H,9-10H2,1-4H3. The number of hydrogen-bond acceptors (Lipinski definition) is 4. The third-order valence-corrected chi connectivity index (χ3v) is 3.89. The zero-order valence-corrected chi connectivity index (χ0v) is 13.2. The molecule has 1 aromatic rings. The molecule has 5 heteroatoms. The van der Waals surface area contributed by atoms with Crippen molar-refractivity contribution in [2.75, 3.05) is 19.3 Å². The molecule has 1 heterocycles. The number of benzene rings is 1. The van der Waals surface area contributed by atoms with Gasteiger partial charge in [-0.05, 0) is 44.7 Å². The Bertz CT molecular complexity index is 504. The SMILES string of the molecule is CSc1cccc(C2(O)CN(C(=O)OC(C)(C)C)C2)c1. The van der Waals surface area contributed by atoms with Crippen LogP contribution in [0.4, 0.5) is 4.79 Å². The first kappa shape index (κ1) is 15.2. The summed E-state index contributed by atoms with van der Waals surface area (Å²) in [5.41, 5.74) is -0.615. The number of ether oxygens (including phenoxy) is 1. The fourth-order valence-corrected chi connectivity index (χ4v) is 2.60. The maximum absolute atomic E-state index is 11.9. The summed E-state index contributed by atoms with van der Waals surface area (Å²) in [5.74, 6) is 0. The number of nitrogens with zero attached hydrogens (tertiary/aromatic N) is 1. The molecule has 110 valence electrons. The number of carbonyl (C=O) groups is 1. The Morgan fingerprint density at radius 2 is 2.05 bits per heavy atom. The number of β-amino-alcohol motifs (C(OH)–C–C–N with tert-alkyl or cyclic N) is 1. The molecule has 1 aliphatic rings. The molecule has 20 heavy (non-hydrogen) atoms. The van der Waals surface area contributed by atoms with E-state index in [9.17, 15) is 9.90 Å². The van der Waals surface area contributed by atoms with Crippen molar-refractivity contribution < 1.29 is 14.6 Å². The van der Waals surface area contributed by atoms with Gasteiger partial charge in [0.15, 0.2) is 0 Å². The molecule has 0 spiro atoms. The maximum Gasteiger partial charge on any atom is 0.410 e. The molecule has 1 saturated heterocycles. The van der Waals surface area contributed by atoms with Crippen LogP contribution in [-0.4, -0.2) is 41.0 Å². The van der Waals surface area contributed by atoms with Crippen molar-refractivity contribution in [1.29, 1.82) is 0 Å². The van der Waals surface area contributed by atoms with Gasteiger partial charge in [-0.1, -0.05) is 12.1 Å². The van der Waals surface area contributed by atoms with Crippen LogP contribution in [-0.2, 0) is 10.3 Å². The Labute approximate surface area is 124 Å². The first-order valence-corrected chi connectivity index (χ1v) is 7.81. The summed E-state index contributed by atoms with van der Waals surface area (Å²) in [6.45, 7) is 6.05. The van der Waals surface area contributed by atoms with E-state index in [4.69, 9.17) is 4.74 Å². The van der Waals surface area contributed by atoms with Crippen molar-refractivity contribution in [2.24, 2.45) is 0 Å². The van der Waals surface area contributed by atoms with E-state index in [1.807, 2.05) is 51.3 Å². The number of hydrogen-bond donors (Lipinski definition) is 1. The Hall–Kier alpha value is -1.20. The minimum absolute atomic E-state index is 0.278. The van der Waals surface area contributed by atoms with Gasteiger partial charge in [-0.25, -0.2) is 4.79 Å². The minimum atomic E-state index is -0.956. The summed E-state index contributed by atoms with van der Waals surface area (Å²) in [4.78, 5) is 14.5. The Morgan fingerprint density at radius 3 is 2.60 bits per heavy atom. The summed E-state index contributed by atoms with van der Waals surface area (Å²) in [5, 5.41) is 10.6.